The molecule has 1 fully saturated rings. The number of nitrogens with one attached hydrogen (secondary N) is 2. The summed E-state index contributed by atoms with van der Waals surface area (Å²) in [5.41, 5.74) is 0.740. The van der Waals surface area contributed by atoms with Gasteiger partial charge >= 0.3 is 0 Å². The minimum atomic E-state index is -0.160. The van der Waals surface area contributed by atoms with E-state index in [4.69, 9.17) is 9.47 Å². The predicted octanol–water partition coefficient (Wildman–Crippen LogP) is 4.14. The van der Waals surface area contributed by atoms with Crippen LogP contribution in [0.2, 0.25) is 0 Å². The van der Waals surface area contributed by atoms with Gasteiger partial charge in [-0.05, 0) is 55.7 Å². The Hall–Kier alpha value is -0.450. The fourth-order valence-electron chi connectivity index (χ4n) is 2.97. The lowest BCUT2D eigenvalue weighted by molar-refractivity contribution is 0.0203. The van der Waals surface area contributed by atoms with Crippen molar-refractivity contribution in [3.8, 4) is 0 Å². The van der Waals surface area contributed by atoms with Crippen LogP contribution >= 0.6 is 39.9 Å². The summed E-state index contributed by atoms with van der Waals surface area (Å²) in [5.74, 6) is 1.26. The number of benzene rings is 1. The van der Waals surface area contributed by atoms with Crippen LogP contribution in [-0.4, -0.2) is 52.5 Å². The van der Waals surface area contributed by atoms with Crippen LogP contribution in [0.15, 0.2) is 27.7 Å². The first-order valence-electron chi connectivity index (χ1n) is 9.73. The Morgan fingerprint density at radius 1 is 1.25 bits per heavy atom. The van der Waals surface area contributed by atoms with Crippen LogP contribution in [0.3, 0.4) is 0 Å². The zero-order chi connectivity index (χ0) is 19.3. The third kappa shape index (κ3) is 10.4. The van der Waals surface area contributed by atoms with Gasteiger partial charge in [0.25, 0.3) is 0 Å². The predicted molar refractivity (Wildman–Crippen MR) is 126 cm³/mol. The molecule has 2 N–H and O–H groups in total. The Kier molecular flexibility index (Phi) is 14.1. The summed E-state index contributed by atoms with van der Waals surface area (Å²) in [6, 6.07) is 5.21. The Balaban J connectivity index is 0.00000392. The topological polar surface area (TPSA) is 54.9 Å². The van der Waals surface area contributed by atoms with Crippen LogP contribution in [0, 0.1) is 11.7 Å². The molecule has 1 aliphatic rings. The van der Waals surface area contributed by atoms with Gasteiger partial charge in [-0.25, -0.2) is 4.39 Å². The maximum absolute atomic E-state index is 13.8. The molecule has 1 heterocycles. The summed E-state index contributed by atoms with van der Waals surface area (Å²) in [4.78, 5) is 4.21. The third-order valence-corrected chi connectivity index (χ3v) is 5.10. The van der Waals surface area contributed by atoms with E-state index in [0.29, 0.717) is 12.3 Å². The third-order valence-electron chi connectivity index (χ3n) is 4.61. The van der Waals surface area contributed by atoms with Crippen molar-refractivity contribution in [2.24, 2.45) is 10.9 Å². The molecule has 160 valence electrons. The Morgan fingerprint density at radius 2 is 1.96 bits per heavy atom. The van der Waals surface area contributed by atoms with Gasteiger partial charge in [0.05, 0.1) is 0 Å². The average Bonchev–Trinajstić information content (AvgIpc) is 2.68. The number of aliphatic imine (C=N–C) groups is 1. The Labute approximate surface area is 193 Å². The first-order chi connectivity index (χ1) is 13.2. The molecule has 0 radical (unpaired) electrons. The van der Waals surface area contributed by atoms with Crippen LogP contribution in [0.4, 0.5) is 4.39 Å². The molecule has 0 spiro atoms. The molecule has 0 atom stereocenters. The summed E-state index contributed by atoms with van der Waals surface area (Å²) in [7, 11) is 1.76. The molecular weight excluding hydrogens is 540 g/mol. The van der Waals surface area contributed by atoms with E-state index in [9.17, 15) is 4.39 Å². The van der Waals surface area contributed by atoms with Crippen LogP contribution in [0.5, 0.6) is 0 Å². The normalized spacial score (nSPS) is 15.2. The number of aryl methyl sites for hydroxylation is 1. The van der Waals surface area contributed by atoms with Crippen molar-refractivity contribution >= 4 is 45.9 Å². The van der Waals surface area contributed by atoms with Gasteiger partial charge in [-0.1, -0.05) is 22.0 Å². The minimum Gasteiger partial charge on any atom is -0.381 e. The number of hydrogen-bond donors (Lipinski definition) is 2. The van der Waals surface area contributed by atoms with Gasteiger partial charge in [-0.15, -0.1) is 24.0 Å². The van der Waals surface area contributed by atoms with Crippen molar-refractivity contribution in [2.45, 2.75) is 32.1 Å². The standard InChI is InChI=1S/C20H31BrFN3O2.HI/c1-23-20(24-9-2-4-17-5-6-18(21)14-19(17)22)25-10-3-11-27-15-16-7-12-26-13-8-16;/h5-6,14,16H,2-4,7-13,15H2,1H3,(H2,23,24,25);1H. The highest BCUT2D eigenvalue weighted by Crippen LogP contribution is 2.16. The first kappa shape index (κ1) is 25.6. The lowest BCUT2D eigenvalue weighted by Crippen LogP contribution is -2.38. The lowest BCUT2D eigenvalue weighted by Gasteiger charge is -2.21. The second-order valence-electron chi connectivity index (χ2n) is 6.75. The Bertz CT molecular complexity index is 587. The molecule has 0 saturated carbocycles. The molecule has 0 aliphatic carbocycles. The van der Waals surface area contributed by atoms with Gasteiger partial charge in [0.15, 0.2) is 5.96 Å². The smallest absolute Gasteiger partial charge is 0.190 e. The SMILES string of the molecule is CN=C(NCCCOCC1CCOCC1)NCCCc1ccc(Br)cc1F.I. The summed E-state index contributed by atoms with van der Waals surface area (Å²) >= 11 is 3.28. The number of nitrogens with zero attached hydrogens (tertiary/aromatic N) is 1. The van der Waals surface area contributed by atoms with Crippen LogP contribution < -0.4 is 10.6 Å². The molecule has 28 heavy (non-hydrogen) atoms. The number of rotatable bonds is 10. The molecule has 0 amide bonds. The van der Waals surface area contributed by atoms with Gasteiger partial charge < -0.3 is 20.1 Å². The maximum Gasteiger partial charge on any atom is 0.190 e. The fourth-order valence-corrected chi connectivity index (χ4v) is 3.31. The minimum absolute atomic E-state index is 0. The van der Waals surface area contributed by atoms with Crippen molar-refractivity contribution in [1.82, 2.24) is 10.6 Å². The number of guanidine groups is 1. The highest BCUT2D eigenvalue weighted by atomic mass is 127. The monoisotopic (exact) mass is 571 g/mol. The maximum atomic E-state index is 13.8. The fraction of sp³-hybridized carbons (Fsp3) is 0.650. The molecule has 1 aromatic rings. The summed E-state index contributed by atoms with van der Waals surface area (Å²) in [6.45, 7) is 4.88. The lowest BCUT2D eigenvalue weighted by atomic mass is 10.0. The van der Waals surface area contributed by atoms with Crippen LogP contribution in [-0.2, 0) is 15.9 Å². The quantitative estimate of drug-likeness (QED) is 0.192. The highest BCUT2D eigenvalue weighted by molar-refractivity contribution is 14.0. The Morgan fingerprint density at radius 3 is 2.64 bits per heavy atom. The zero-order valence-electron chi connectivity index (χ0n) is 16.5. The summed E-state index contributed by atoms with van der Waals surface area (Å²) in [5, 5.41) is 6.55. The molecule has 2 rings (SSSR count). The van der Waals surface area contributed by atoms with E-state index in [0.717, 1.165) is 81.2 Å². The molecule has 8 heteroatoms. The van der Waals surface area contributed by atoms with Crippen molar-refractivity contribution in [1.29, 1.82) is 0 Å². The molecule has 1 saturated heterocycles. The van der Waals surface area contributed by atoms with Gasteiger partial charge in [-0.2, -0.15) is 0 Å². The van der Waals surface area contributed by atoms with E-state index in [-0.39, 0.29) is 29.8 Å². The van der Waals surface area contributed by atoms with Gasteiger partial charge in [0.2, 0.25) is 0 Å². The first-order valence-corrected chi connectivity index (χ1v) is 10.5. The number of hydrogen-bond acceptors (Lipinski definition) is 3. The summed E-state index contributed by atoms with van der Waals surface area (Å²) < 4.78 is 25.7. The average molecular weight is 572 g/mol. The largest absolute Gasteiger partial charge is 0.381 e. The van der Waals surface area contributed by atoms with Gasteiger partial charge in [0, 0.05) is 51.0 Å². The molecule has 0 unspecified atom stereocenters. The zero-order valence-corrected chi connectivity index (χ0v) is 20.4. The molecule has 1 aromatic carbocycles. The summed E-state index contributed by atoms with van der Waals surface area (Å²) in [6.07, 6.45) is 4.70. The van der Waals surface area contributed by atoms with Crippen LogP contribution in [0.1, 0.15) is 31.2 Å². The van der Waals surface area contributed by atoms with Crippen molar-refractivity contribution < 1.29 is 13.9 Å². The van der Waals surface area contributed by atoms with E-state index in [2.05, 4.69) is 31.6 Å². The second kappa shape index (κ2) is 15.4. The van der Waals surface area contributed by atoms with E-state index in [1.165, 1.54) is 6.07 Å². The van der Waals surface area contributed by atoms with E-state index in [1.54, 1.807) is 7.05 Å². The highest BCUT2D eigenvalue weighted by Gasteiger charge is 2.13. The molecular formula is C20H32BrFIN3O2. The van der Waals surface area contributed by atoms with Crippen molar-refractivity contribution in [3.05, 3.63) is 34.1 Å². The van der Waals surface area contributed by atoms with E-state index in [1.807, 2.05) is 12.1 Å². The number of halogens is 3. The number of ether oxygens (including phenoxy) is 2. The molecule has 0 aromatic heterocycles. The molecule has 1 aliphatic heterocycles. The molecule has 0 bridgehead atoms. The van der Waals surface area contributed by atoms with E-state index < -0.39 is 0 Å². The van der Waals surface area contributed by atoms with Crippen LogP contribution in [0.25, 0.3) is 0 Å². The van der Waals surface area contributed by atoms with Crippen molar-refractivity contribution in [2.75, 3.05) is 46.6 Å². The second-order valence-corrected chi connectivity index (χ2v) is 7.66. The van der Waals surface area contributed by atoms with E-state index >= 15 is 0 Å². The van der Waals surface area contributed by atoms with Crippen molar-refractivity contribution in [3.63, 3.8) is 0 Å². The van der Waals surface area contributed by atoms with Gasteiger partial charge in [-0.3, -0.25) is 4.99 Å². The van der Waals surface area contributed by atoms with Gasteiger partial charge in [0.1, 0.15) is 5.82 Å². The molecule has 5 nitrogen and oxygen atoms in total.